The number of nitrogens with two attached hydrogens (primary N) is 1. The smallest absolute Gasteiger partial charge is 0.162 e. The molecule has 0 aliphatic heterocycles. The Hall–Kier alpha value is -1.58. The molecule has 0 aromatic heterocycles. The Morgan fingerprint density at radius 2 is 1.89 bits per heavy atom. The van der Waals surface area contributed by atoms with Crippen LogP contribution in [0.1, 0.15) is 26.2 Å². The molecule has 1 unspecified atom stereocenters. The molecule has 0 bridgehead atoms. The van der Waals surface area contributed by atoms with Gasteiger partial charge in [-0.15, -0.1) is 0 Å². The average molecular weight is 250 g/mol. The third-order valence-electron chi connectivity index (χ3n) is 3.34. The largest absolute Gasteiger partial charge is 0.493 e. The molecule has 0 saturated heterocycles. The predicted octanol–water partition coefficient (Wildman–Crippen LogP) is 2.89. The number of rotatable bonds is 6. The minimum absolute atomic E-state index is 0.429. The van der Waals surface area contributed by atoms with Gasteiger partial charge in [0.15, 0.2) is 11.5 Å². The molecule has 0 heterocycles. The van der Waals surface area contributed by atoms with Gasteiger partial charge in [-0.1, -0.05) is 12.8 Å². The van der Waals surface area contributed by atoms with E-state index in [0.717, 1.165) is 11.6 Å². The van der Waals surface area contributed by atoms with Gasteiger partial charge in [-0.3, -0.25) is 0 Å². The van der Waals surface area contributed by atoms with Crippen LogP contribution >= 0.6 is 0 Å². The number of hydrogen-bond acceptors (Lipinski definition) is 4. The van der Waals surface area contributed by atoms with Crippen LogP contribution in [0, 0.1) is 5.92 Å². The highest BCUT2D eigenvalue weighted by atomic mass is 16.5. The Bertz CT molecular complexity index is 417. The Labute approximate surface area is 108 Å². The second-order valence-corrected chi connectivity index (χ2v) is 5.02. The van der Waals surface area contributed by atoms with Gasteiger partial charge in [0.2, 0.25) is 0 Å². The van der Waals surface area contributed by atoms with E-state index in [1.165, 1.54) is 19.3 Å². The van der Waals surface area contributed by atoms with Crippen molar-refractivity contribution in [2.75, 3.05) is 25.3 Å². The summed E-state index contributed by atoms with van der Waals surface area (Å²) in [7, 11) is 3.24. The van der Waals surface area contributed by atoms with Crippen molar-refractivity contribution in [3.8, 4) is 11.5 Å². The highest BCUT2D eigenvalue weighted by molar-refractivity contribution is 5.72. The van der Waals surface area contributed by atoms with Crippen LogP contribution in [-0.2, 0) is 0 Å². The SMILES string of the molecule is COc1cc(N)c(NC(C)CC2CC2)cc1OC. The molecule has 0 spiro atoms. The van der Waals surface area contributed by atoms with Crippen LogP contribution < -0.4 is 20.5 Å². The van der Waals surface area contributed by atoms with Crippen LogP contribution in [0.3, 0.4) is 0 Å². The Balaban J connectivity index is 2.10. The fraction of sp³-hybridized carbons (Fsp3) is 0.571. The second kappa shape index (κ2) is 5.38. The van der Waals surface area contributed by atoms with Gasteiger partial charge in [0, 0.05) is 18.2 Å². The highest BCUT2D eigenvalue weighted by Crippen LogP contribution is 2.37. The van der Waals surface area contributed by atoms with Crippen molar-refractivity contribution in [3.05, 3.63) is 12.1 Å². The molecule has 1 aromatic rings. The molecule has 1 aromatic carbocycles. The molecule has 0 radical (unpaired) electrons. The first-order chi connectivity index (χ1) is 8.63. The second-order valence-electron chi connectivity index (χ2n) is 5.02. The van der Waals surface area contributed by atoms with Crippen molar-refractivity contribution in [3.63, 3.8) is 0 Å². The molecule has 1 aliphatic carbocycles. The van der Waals surface area contributed by atoms with Crippen molar-refractivity contribution in [2.24, 2.45) is 5.92 Å². The first kappa shape index (κ1) is 12.9. The number of benzene rings is 1. The summed E-state index contributed by atoms with van der Waals surface area (Å²) < 4.78 is 10.5. The lowest BCUT2D eigenvalue weighted by molar-refractivity contribution is 0.355. The molecule has 1 saturated carbocycles. The lowest BCUT2D eigenvalue weighted by atomic mass is 10.1. The Morgan fingerprint density at radius 3 is 2.44 bits per heavy atom. The monoisotopic (exact) mass is 250 g/mol. The third-order valence-corrected chi connectivity index (χ3v) is 3.34. The van der Waals surface area contributed by atoms with E-state index in [0.29, 0.717) is 23.2 Å². The summed E-state index contributed by atoms with van der Waals surface area (Å²) >= 11 is 0. The maximum Gasteiger partial charge on any atom is 0.162 e. The van der Waals surface area contributed by atoms with Gasteiger partial charge < -0.3 is 20.5 Å². The van der Waals surface area contributed by atoms with Crippen LogP contribution in [0.15, 0.2) is 12.1 Å². The summed E-state index contributed by atoms with van der Waals surface area (Å²) in [5, 5.41) is 3.45. The van der Waals surface area contributed by atoms with E-state index in [9.17, 15) is 0 Å². The number of nitrogen functional groups attached to an aromatic ring is 1. The highest BCUT2D eigenvalue weighted by Gasteiger charge is 2.23. The van der Waals surface area contributed by atoms with Gasteiger partial charge in [0.1, 0.15) is 0 Å². The molecular formula is C14H22N2O2. The maximum atomic E-state index is 6.02. The maximum absolute atomic E-state index is 6.02. The molecule has 2 rings (SSSR count). The van der Waals surface area contributed by atoms with Gasteiger partial charge in [0.05, 0.1) is 25.6 Å². The summed E-state index contributed by atoms with van der Waals surface area (Å²) in [4.78, 5) is 0. The lowest BCUT2D eigenvalue weighted by Gasteiger charge is -2.18. The number of methoxy groups -OCH3 is 2. The zero-order valence-electron chi connectivity index (χ0n) is 11.3. The topological polar surface area (TPSA) is 56.5 Å². The fourth-order valence-corrected chi connectivity index (χ4v) is 2.20. The van der Waals surface area contributed by atoms with E-state index in [1.54, 1.807) is 20.3 Å². The van der Waals surface area contributed by atoms with Crippen molar-refractivity contribution >= 4 is 11.4 Å². The summed E-state index contributed by atoms with van der Waals surface area (Å²) in [5.41, 5.74) is 7.62. The molecule has 4 heteroatoms. The predicted molar refractivity (Wildman–Crippen MR) is 74.4 cm³/mol. The molecule has 1 aliphatic rings. The molecular weight excluding hydrogens is 228 g/mol. The third kappa shape index (κ3) is 3.00. The van der Waals surface area contributed by atoms with E-state index < -0.39 is 0 Å². The van der Waals surface area contributed by atoms with Gasteiger partial charge >= 0.3 is 0 Å². The minimum atomic E-state index is 0.429. The summed E-state index contributed by atoms with van der Waals surface area (Å²) in [5.74, 6) is 2.26. The average Bonchev–Trinajstić information content (AvgIpc) is 3.14. The van der Waals surface area contributed by atoms with Crippen molar-refractivity contribution in [1.82, 2.24) is 0 Å². The van der Waals surface area contributed by atoms with Crippen LogP contribution in [0.2, 0.25) is 0 Å². The van der Waals surface area contributed by atoms with Gasteiger partial charge in [-0.2, -0.15) is 0 Å². The molecule has 18 heavy (non-hydrogen) atoms. The summed E-state index contributed by atoms with van der Waals surface area (Å²) in [6, 6.07) is 4.13. The normalized spacial score (nSPS) is 16.2. The summed E-state index contributed by atoms with van der Waals surface area (Å²) in [6.45, 7) is 2.19. The lowest BCUT2D eigenvalue weighted by Crippen LogP contribution is -2.16. The first-order valence-corrected chi connectivity index (χ1v) is 6.42. The standard InChI is InChI=1S/C14H22N2O2/c1-9(6-10-4-5-10)16-12-8-14(18-3)13(17-2)7-11(12)15/h7-10,16H,4-6,15H2,1-3H3. The van der Waals surface area contributed by atoms with Gasteiger partial charge in [0.25, 0.3) is 0 Å². The number of ether oxygens (including phenoxy) is 2. The van der Waals surface area contributed by atoms with Crippen LogP contribution in [-0.4, -0.2) is 20.3 Å². The van der Waals surface area contributed by atoms with Crippen LogP contribution in [0.4, 0.5) is 11.4 Å². The first-order valence-electron chi connectivity index (χ1n) is 6.42. The van der Waals surface area contributed by atoms with Crippen molar-refractivity contribution < 1.29 is 9.47 Å². The van der Waals surface area contributed by atoms with Crippen molar-refractivity contribution in [2.45, 2.75) is 32.2 Å². The number of anilines is 2. The molecule has 1 atom stereocenters. The van der Waals surface area contributed by atoms with E-state index in [1.807, 2.05) is 6.07 Å². The van der Waals surface area contributed by atoms with Gasteiger partial charge in [-0.25, -0.2) is 0 Å². The van der Waals surface area contributed by atoms with E-state index >= 15 is 0 Å². The quantitative estimate of drug-likeness (QED) is 0.762. The zero-order valence-corrected chi connectivity index (χ0v) is 11.3. The van der Waals surface area contributed by atoms with Crippen LogP contribution in [0.5, 0.6) is 11.5 Å². The van der Waals surface area contributed by atoms with E-state index in [-0.39, 0.29) is 0 Å². The van der Waals surface area contributed by atoms with E-state index in [4.69, 9.17) is 15.2 Å². The molecule has 4 nitrogen and oxygen atoms in total. The van der Waals surface area contributed by atoms with Crippen molar-refractivity contribution in [1.29, 1.82) is 0 Å². The number of hydrogen-bond donors (Lipinski definition) is 2. The molecule has 0 amide bonds. The summed E-state index contributed by atoms with van der Waals surface area (Å²) in [6.07, 6.45) is 3.94. The van der Waals surface area contributed by atoms with E-state index in [2.05, 4.69) is 12.2 Å². The van der Waals surface area contributed by atoms with Gasteiger partial charge in [-0.05, 0) is 19.3 Å². The number of nitrogens with one attached hydrogen (secondary N) is 1. The van der Waals surface area contributed by atoms with Crippen LogP contribution in [0.25, 0.3) is 0 Å². The zero-order chi connectivity index (χ0) is 13.1. The Morgan fingerprint density at radius 1 is 1.28 bits per heavy atom. The fourth-order valence-electron chi connectivity index (χ4n) is 2.20. The Kier molecular flexibility index (Phi) is 3.84. The molecule has 100 valence electrons. The minimum Gasteiger partial charge on any atom is -0.493 e. The molecule has 1 fully saturated rings. The molecule has 3 N–H and O–H groups in total.